The third-order valence-corrected chi connectivity index (χ3v) is 3.01. The zero-order valence-electron chi connectivity index (χ0n) is 13.1. The van der Waals surface area contributed by atoms with Crippen molar-refractivity contribution in [1.29, 1.82) is 0 Å². The van der Waals surface area contributed by atoms with E-state index in [0.717, 1.165) is 32.1 Å². The lowest BCUT2D eigenvalue weighted by atomic mass is 10.1. The van der Waals surface area contributed by atoms with Crippen molar-refractivity contribution >= 4 is 0 Å². The highest BCUT2D eigenvalue weighted by Gasteiger charge is 2.06. The second-order valence-corrected chi connectivity index (χ2v) is 4.77. The first-order valence-corrected chi connectivity index (χ1v) is 7.19. The van der Waals surface area contributed by atoms with Crippen molar-refractivity contribution in [2.24, 2.45) is 0 Å². The van der Waals surface area contributed by atoms with Gasteiger partial charge in [-0.15, -0.1) is 0 Å². The highest BCUT2D eigenvalue weighted by atomic mass is 16.5. The SMILES string of the molecule is CCOCCOc1c(C)cc(CNCCOC)cc1C. The molecule has 0 aliphatic rings. The van der Waals surface area contributed by atoms with E-state index in [9.17, 15) is 0 Å². The smallest absolute Gasteiger partial charge is 0.125 e. The molecule has 0 unspecified atom stereocenters. The Labute approximate surface area is 122 Å². The number of hydrogen-bond donors (Lipinski definition) is 1. The molecule has 0 aliphatic carbocycles. The minimum absolute atomic E-state index is 0.598. The van der Waals surface area contributed by atoms with E-state index in [4.69, 9.17) is 14.2 Å². The van der Waals surface area contributed by atoms with Crippen LogP contribution in [0.3, 0.4) is 0 Å². The van der Waals surface area contributed by atoms with E-state index in [-0.39, 0.29) is 0 Å². The van der Waals surface area contributed by atoms with Crippen molar-refractivity contribution in [3.63, 3.8) is 0 Å². The van der Waals surface area contributed by atoms with Gasteiger partial charge in [0.15, 0.2) is 0 Å². The standard InChI is InChI=1S/C16H27NO3/c1-5-19-8-9-20-16-13(2)10-15(11-14(16)3)12-17-6-7-18-4/h10-11,17H,5-9,12H2,1-4H3. The molecule has 0 saturated heterocycles. The molecule has 1 rings (SSSR count). The quantitative estimate of drug-likeness (QED) is 0.669. The summed E-state index contributed by atoms with van der Waals surface area (Å²) in [6.45, 7) is 10.6. The van der Waals surface area contributed by atoms with Crippen LogP contribution in [-0.4, -0.2) is 40.1 Å². The zero-order valence-corrected chi connectivity index (χ0v) is 13.1. The summed E-state index contributed by atoms with van der Waals surface area (Å²) in [7, 11) is 1.71. The van der Waals surface area contributed by atoms with Crippen molar-refractivity contribution < 1.29 is 14.2 Å². The van der Waals surface area contributed by atoms with Gasteiger partial charge in [0.25, 0.3) is 0 Å². The Morgan fingerprint density at radius 3 is 2.35 bits per heavy atom. The van der Waals surface area contributed by atoms with Crippen molar-refractivity contribution in [1.82, 2.24) is 5.32 Å². The van der Waals surface area contributed by atoms with Crippen LogP contribution >= 0.6 is 0 Å². The maximum absolute atomic E-state index is 5.80. The first-order valence-electron chi connectivity index (χ1n) is 7.19. The summed E-state index contributed by atoms with van der Waals surface area (Å²) in [5.74, 6) is 0.977. The molecule has 0 aromatic heterocycles. The lowest BCUT2D eigenvalue weighted by Gasteiger charge is -2.14. The van der Waals surface area contributed by atoms with Crippen LogP contribution in [0.2, 0.25) is 0 Å². The summed E-state index contributed by atoms with van der Waals surface area (Å²) in [6, 6.07) is 4.34. The fourth-order valence-electron chi connectivity index (χ4n) is 2.12. The largest absolute Gasteiger partial charge is 0.491 e. The van der Waals surface area contributed by atoms with E-state index in [1.165, 1.54) is 16.7 Å². The van der Waals surface area contributed by atoms with Gasteiger partial charge in [0, 0.05) is 26.8 Å². The topological polar surface area (TPSA) is 39.7 Å². The molecule has 0 saturated carbocycles. The highest BCUT2D eigenvalue weighted by molar-refractivity contribution is 5.43. The lowest BCUT2D eigenvalue weighted by molar-refractivity contribution is 0.109. The molecule has 0 amide bonds. The Morgan fingerprint density at radius 1 is 1.05 bits per heavy atom. The Morgan fingerprint density at radius 2 is 1.75 bits per heavy atom. The predicted molar refractivity (Wildman–Crippen MR) is 81.5 cm³/mol. The van der Waals surface area contributed by atoms with Gasteiger partial charge in [0.2, 0.25) is 0 Å². The molecule has 1 aromatic carbocycles. The average Bonchev–Trinajstić information content (AvgIpc) is 2.42. The van der Waals surface area contributed by atoms with Crippen LogP contribution in [0, 0.1) is 13.8 Å². The third kappa shape index (κ3) is 5.90. The molecule has 4 nitrogen and oxygen atoms in total. The fourth-order valence-corrected chi connectivity index (χ4v) is 2.12. The minimum Gasteiger partial charge on any atom is -0.491 e. The second-order valence-electron chi connectivity index (χ2n) is 4.77. The Hall–Kier alpha value is -1.10. The van der Waals surface area contributed by atoms with E-state index in [2.05, 4.69) is 31.3 Å². The van der Waals surface area contributed by atoms with Crippen LogP contribution in [0.15, 0.2) is 12.1 Å². The summed E-state index contributed by atoms with van der Waals surface area (Å²) in [6.07, 6.45) is 0. The number of nitrogens with one attached hydrogen (secondary N) is 1. The highest BCUT2D eigenvalue weighted by Crippen LogP contribution is 2.24. The lowest BCUT2D eigenvalue weighted by Crippen LogP contribution is -2.18. The molecule has 20 heavy (non-hydrogen) atoms. The average molecular weight is 281 g/mol. The van der Waals surface area contributed by atoms with Crippen molar-refractivity contribution in [3.05, 3.63) is 28.8 Å². The molecular weight excluding hydrogens is 254 g/mol. The van der Waals surface area contributed by atoms with Gasteiger partial charge in [-0.2, -0.15) is 0 Å². The van der Waals surface area contributed by atoms with Gasteiger partial charge >= 0.3 is 0 Å². The van der Waals surface area contributed by atoms with Gasteiger partial charge in [0.05, 0.1) is 13.2 Å². The summed E-state index contributed by atoms with van der Waals surface area (Å²) < 4.78 is 16.1. The van der Waals surface area contributed by atoms with Crippen LogP contribution in [-0.2, 0) is 16.0 Å². The second kappa shape index (κ2) is 9.75. The number of benzene rings is 1. The van der Waals surface area contributed by atoms with E-state index in [1.54, 1.807) is 7.11 Å². The molecule has 0 atom stereocenters. The Bertz CT molecular complexity index is 370. The molecule has 0 heterocycles. The van der Waals surface area contributed by atoms with Crippen LogP contribution in [0.1, 0.15) is 23.6 Å². The van der Waals surface area contributed by atoms with Gasteiger partial charge in [-0.05, 0) is 37.5 Å². The number of hydrogen-bond acceptors (Lipinski definition) is 4. The van der Waals surface area contributed by atoms with Crippen molar-refractivity contribution in [2.75, 3.05) is 40.1 Å². The molecule has 4 heteroatoms. The minimum atomic E-state index is 0.598. The molecule has 0 aliphatic heterocycles. The summed E-state index contributed by atoms with van der Waals surface area (Å²) in [5, 5.41) is 3.35. The van der Waals surface area contributed by atoms with Gasteiger partial charge in [-0.3, -0.25) is 0 Å². The normalized spacial score (nSPS) is 10.8. The first-order chi connectivity index (χ1) is 9.69. The van der Waals surface area contributed by atoms with E-state index < -0.39 is 0 Å². The van der Waals surface area contributed by atoms with Crippen molar-refractivity contribution in [3.8, 4) is 5.75 Å². The van der Waals surface area contributed by atoms with Gasteiger partial charge in [-0.1, -0.05) is 12.1 Å². The molecule has 1 N–H and O–H groups in total. The van der Waals surface area contributed by atoms with Crippen LogP contribution in [0.5, 0.6) is 5.75 Å². The maximum atomic E-state index is 5.80. The molecule has 1 aromatic rings. The van der Waals surface area contributed by atoms with Gasteiger partial charge in [0.1, 0.15) is 12.4 Å². The van der Waals surface area contributed by atoms with Crippen LogP contribution in [0.4, 0.5) is 0 Å². The fraction of sp³-hybridized carbons (Fsp3) is 0.625. The third-order valence-electron chi connectivity index (χ3n) is 3.01. The van der Waals surface area contributed by atoms with Crippen LogP contribution in [0.25, 0.3) is 0 Å². The van der Waals surface area contributed by atoms with Gasteiger partial charge in [-0.25, -0.2) is 0 Å². The summed E-state index contributed by atoms with van der Waals surface area (Å²) >= 11 is 0. The number of rotatable bonds is 10. The van der Waals surface area contributed by atoms with E-state index in [1.807, 2.05) is 6.92 Å². The predicted octanol–water partition coefficient (Wildman–Crippen LogP) is 2.45. The molecule has 0 spiro atoms. The van der Waals surface area contributed by atoms with Gasteiger partial charge < -0.3 is 19.5 Å². The Kier molecular flexibility index (Phi) is 8.26. The molecule has 0 bridgehead atoms. The summed E-state index contributed by atoms with van der Waals surface area (Å²) in [5.41, 5.74) is 3.61. The first kappa shape index (κ1) is 17.0. The maximum Gasteiger partial charge on any atom is 0.125 e. The molecular formula is C16H27NO3. The Balaban J connectivity index is 2.52. The zero-order chi connectivity index (χ0) is 14.8. The van der Waals surface area contributed by atoms with E-state index >= 15 is 0 Å². The number of methoxy groups -OCH3 is 1. The summed E-state index contributed by atoms with van der Waals surface area (Å²) in [4.78, 5) is 0. The number of aryl methyl sites for hydroxylation is 2. The van der Waals surface area contributed by atoms with Crippen molar-refractivity contribution in [2.45, 2.75) is 27.3 Å². The number of ether oxygens (including phenoxy) is 3. The molecule has 0 fully saturated rings. The van der Waals surface area contributed by atoms with Crippen LogP contribution < -0.4 is 10.1 Å². The molecule has 114 valence electrons. The molecule has 0 radical (unpaired) electrons. The van der Waals surface area contributed by atoms with E-state index in [0.29, 0.717) is 13.2 Å². The monoisotopic (exact) mass is 281 g/mol.